The van der Waals surface area contributed by atoms with Crippen LogP contribution in [0.5, 0.6) is 0 Å². The van der Waals surface area contributed by atoms with Crippen molar-refractivity contribution < 1.29 is 18.0 Å². The van der Waals surface area contributed by atoms with Crippen LogP contribution in [0, 0.1) is 13.8 Å². The van der Waals surface area contributed by atoms with Gasteiger partial charge in [-0.1, -0.05) is 11.6 Å². The minimum Gasteiger partial charge on any atom is -0.323 e. The van der Waals surface area contributed by atoms with Crippen LogP contribution < -0.4 is 10.9 Å². The van der Waals surface area contributed by atoms with Crippen LogP contribution in [-0.2, 0) is 30.4 Å². The lowest BCUT2D eigenvalue weighted by Gasteiger charge is -2.16. The molecule has 0 atom stereocenters. The number of hydrogen-bond donors (Lipinski definition) is 1. The minimum absolute atomic E-state index is 0.0513. The summed E-state index contributed by atoms with van der Waals surface area (Å²) < 4.78 is 41.8. The molecule has 32 heavy (non-hydrogen) atoms. The van der Waals surface area contributed by atoms with Crippen LogP contribution in [0.3, 0.4) is 0 Å². The van der Waals surface area contributed by atoms with E-state index >= 15 is 0 Å². The van der Waals surface area contributed by atoms with E-state index in [0.717, 1.165) is 30.3 Å². The summed E-state index contributed by atoms with van der Waals surface area (Å²) in [5.74, 6) is -0.526. The smallest absolute Gasteiger partial charge is 0.323 e. The molecule has 3 aromatic rings. The molecule has 2 heterocycles. The maximum absolute atomic E-state index is 13.1. The van der Waals surface area contributed by atoms with Crippen molar-refractivity contribution in [2.45, 2.75) is 45.8 Å². The first-order chi connectivity index (χ1) is 15.0. The van der Waals surface area contributed by atoms with E-state index in [1.807, 2.05) is 6.07 Å². The number of anilines is 1. The Morgan fingerprint density at radius 3 is 2.62 bits per heavy atom. The highest BCUT2D eigenvalue weighted by atomic mass is 35.5. The molecule has 0 aliphatic heterocycles. The number of carbonyl (C=O) groups excluding carboxylic acids is 1. The first kappa shape index (κ1) is 22.1. The molecule has 1 aliphatic carbocycles. The van der Waals surface area contributed by atoms with Crippen molar-refractivity contribution in [2.24, 2.45) is 0 Å². The second-order valence-corrected chi connectivity index (χ2v) is 8.07. The fourth-order valence-electron chi connectivity index (χ4n) is 3.78. The Labute approximate surface area is 185 Å². The van der Waals surface area contributed by atoms with Gasteiger partial charge in [-0.05, 0) is 57.4 Å². The molecule has 1 aromatic carbocycles. The monoisotopic (exact) mass is 465 g/mol. The van der Waals surface area contributed by atoms with E-state index in [2.05, 4.69) is 15.4 Å². The highest BCUT2D eigenvalue weighted by molar-refractivity contribution is 6.33. The van der Waals surface area contributed by atoms with Gasteiger partial charge in [-0.25, -0.2) is 9.67 Å². The van der Waals surface area contributed by atoms with E-state index in [1.54, 1.807) is 13.8 Å². The van der Waals surface area contributed by atoms with Crippen LogP contribution in [0.15, 0.2) is 29.1 Å². The maximum atomic E-state index is 13.1. The highest BCUT2D eigenvalue weighted by Crippen LogP contribution is 2.33. The van der Waals surface area contributed by atoms with Crippen molar-refractivity contribution in [3.8, 4) is 5.95 Å². The van der Waals surface area contributed by atoms with Gasteiger partial charge in [-0.15, -0.1) is 0 Å². The van der Waals surface area contributed by atoms with Crippen molar-refractivity contribution in [1.29, 1.82) is 0 Å². The first-order valence-corrected chi connectivity index (χ1v) is 10.2. The number of halogens is 4. The number of aromatic nitrogens is 4. The molecule has 2 aromatic heterocycles. The standard InChI is InChI=1S/C21H19ClF3N5O2/c1-11-8-12(2)30(28-11)20-27-16-5-3-4-14(16)19(32)29(20)10-18(31)26-17-9-13(21(23,24)25)6-7-15(17)22/h6-9H,3-5,10H2,1-2H3,(H,26,31). The molecule has 0 spiro atoms. The molecular formula is C21H19ClF3N5O2. The van der Waals surface area contributed by atoms with Gasteiger partial charge in [-0.3, -0.25) is 14.2 Å². The van der Waals surface area contributed by atoms with E-state index in [-0.39, 0.29) is 22.2 Å². The van der Waals surface area contributed by atoms with Gasteiger partial charge in [-0.2, -0.15) is 18.3 Å². The zero-order valence-electron chi connectivity index (χ0n) is 17.3. The van der Waals surface area contributed by atoms with Crippen molar-refractivity contribution in [3.05, 3.63) is 67.9 Å². The predicted molar refractivity (Wildman–Crippen MR) is 112 cm³/mol. The summed E-state index contributed by atoms with van der Waals surface area (Å²) in [5.41, 5.74) is 1.15. The summed E-state index contributed by atoms with van der Waals surface area (Å²) >= 11 is 5.97. The molecule has 11 heteroatoms. The largest absolute Gasteiger partial charge is 0.416 e. The molecular weight excluding hydrogens is 447 g/mol. The van der Waals surface area contributed by atoms with Gasteiger partial charge < -0.3 is 5.32 Å². The number of benzene rings is 1. The summed E-state index contributed by atoms with van der Waals surface area (Å²) in [4.78, 5) is 30.5. The van der Waals surface area contributed by atoms with Crippen molar-refractivity contribution in [3.63, 3.8) is 0 Å². The van der Waals surface area contributed by atoms with Crippen molar-refractivity contribution in [2.75, 3.05) is 5.32 Å². The van der Waals surface area contributed by atoms with E-state index in [0.29, 0.717) is 29.8 Å². The lowest BCUT2D eigenvalue weighted by Crippen LogP contribution is -2.34. The van der Waals surface area contributed by atoms with Crippen LogP contribution in [0.4, 0.5) is 18.9 Å². The van der Waals surface area contributed by atoms with Crippen LogP contribution >= 0.6 is 11.6 Å². The van der Waals surface area contributed by atoms with Gasteiger partial charge in [0.05, 0.1) is 27.7 Å². The summed E-state index contributed by atoms with van der Waals surface area (Å²) in [6.45, 7) is 3.13. The van der Waals surface area contributed by atoms with Crippen molar-refractivity contribution in [1.82, 2.24) is 19.3 Å². The summed E-state index contributed by atoms with van der Waals surface area (Å²) in [6, 6.07) is 4.45. The molecule has 1 amide bonds. The van der Waals surface area contributed by atoms with Gasteiger partial charge in [0.2, 0.25) is 11.9 Å². The number of amides is 1. The SMILES string of the molecule is Cc1cc(C)n(-c2nc3c(c(=O)n2CC(=O)Nc2cc(C(F)(F)F)ccc2Cl)CCC3)n1. The van der Waals surface area contributed by atoms with Gasteiger partial charge in [0.15, 0.2) is 0 Å². The lowest BCUT2D eigenvalue weighted by atomic mass is 10.2. The fourth-order valence-corrected chi connectivity index (χ4v) is 3.95. The van der Waals surface area contributed by atoms with Crippen LogP contribution in [-0.4, -0.2) is 25.2 Å². The minimum atomic E-state index is -4.59. The Kier molecular flexibility index (Phi) is 5.58. The average Bonchev–Trinajstić information content (AvgIpc) is 3.30. The Morgan fingerprint density at radius 2 is 1.97 bits per heavy atom. The van der Waals surface area contributed by atoms with Crippen LogP contribution in [0.25, 0.3) is 5.95 Å². The maximum Gasteiger partial charge on any atom is 0.416 e. The summed E-state index contributed by atoms with van der Waals surface area (Å²) in [7, 11) is 0. The number of hydrogen-bond acceptors (Lipinski definition) is 4. The Bertz CT molecular complexity index is 1280. The van der Waals surface area contributed by atoms with Gasteiger partial charge in [0.1, 0.15) is 6.54 Å². The third-order valence-corrected chi connectivity index (χ3v) is 5.57. The molecule has 1 aliphatic rings. The molecule has 0 unspecified atom stereocenters. The van der Waals surface area contributed by atoms with Gasteiger partial charge >= 0.3 is 6.18 Å². The molecule has 0 radical (unpaired) electrons. The van der Waals surface area contributed by atoms with Gasteiger partial charge in [0, 0.05) is 11.3 Å². The number of nitrogens with zero attached hydrogens (tertiary/aromatic N) is 4. The third kappa shape index (κ3) is 4.14. The lowest BCUT2D eigenvalue weighted by molar-refractivity contribution is -0.137. The summed E-state index contributed by atoms with van der Waals surface area (Å²) in [6.07, 6.45) is -2.60. The quantitative estimate of drug-likeness (QED) is 0.634. The number of alkyl halides is 3. The van der Waals surface area contributed by atoms with E-state index < -0.39 is 24.2 Å². The fraction of sp³-hybridized carbons (Fsp3) is 0.333. The zero-order chi connectivity index (χ0) is 23.2. The molecule has 0 saturated carbocycles. The predicted octanol–water partition coefficient (Wildman–Crippen LogP) is 3.85. The molecule has 0 saturated heterocycles. The molecule has 7 nitrogen and oxygen atoms in total. The number of carbonyl (C=O) groups is 1. The molecule has 0 fully saturated rings. The third-order valence-electron chi connectivity index (χ3n) is 5.24. The first-order valence-electron chi connectivity index (χ1n) is 9.87. The Morgan fingerprint density at radius 1 is 1.22 bits per heavy atom. The van der Waals surface area contributed by atoms with Crippen molar-refractivity contribution >= 4 is 23.2 Å². The normalized spacial score (nSPS) is 13.3. The van der Waals surface area contributed by atoms with E-state index in [1.165, 1.54) is 9.25 Å². The number of rotatable bonds is 4. The Balaban J connectivity index is 1.71. The molecule has 1 N–H and O–H groups in total. The van der Waals surface area contributed by atoms with Gasteiger partial charge in [0.25, 0.3) is 5.56 Å². The number of fused-ring (bicyclic) bond motifs is 1. The van der Waals surface area contributed by atoms with E-state index in [9.17, 15) is 22.8 Å². The zero-order valence-corrected chi connectivity index (χ0v) is 18.0. The second-order valence-electron chi connectivity index (χ2n) is 7.66. The van der Waals surface area contributed by atoms with Crippen LogP contribution in [0.1, 0.15) is 34.6 Å². The summed E-state index contributed by atoms with van der Waals surface area (Å²) in [5, 5.41) is 6.69. The number of aryl methyl sites for hydroxylation is 3. The number of nitrogens with one attached hydrogen (secondary N) is 1. The topological polar surface area (TPSA) is 81.8 Å². The molecule has 4 rings (SSSR count). The van der Waals surface area contributed by atoms with E-state index in [4.69, 9.17) is 11.6 Å². The second kappa shape index (κ2) is 8.09. The molecule has 0 bridgehead atoms. The van der Waals surface area contributed by atoms with Crippen LogP contribution in [0.2, 0.25) is 5.02 Å². The molecule has 168 valence electrons. The average molecular weight is 466 g/mol. The Hall–Kier alpha value is -3.14. The highest BCUT2D eigenvalue weighted by Gasteiger charge is 2.31.